The molecule has 1 heterocycles. The van der Waals surface area contributed by atoms with Gasteiger partial charge in [0.25, 0.3) is 0 Å². The summed E-state index contributed by atoms with van der Waals surface area (Å²) in [6.07, 6.45) is 2.21. The third-order valence-electron chi connectivity index (χ3n) is 4.24. The Kier molecular flexibility index (Phi) is 5.76. The van der Waals surface area contributed by atoms with Gasteiger partial charge in [0.2, 0.25) is 5.91 Å². The van der Waals surface area contributed by atoms with Crippen molar-refractivity contribution in [3.05, 3.63) is 29.8 Å². The minimum Gasteiger partial charge on any atom is -0.330 e. The normalized spacial score (nSPS) is 17.1. The SMILES string of the molecule is CC(C)c1cccc(NC(=O)CN2CCC(CN)CC2)c1. The van der Waals surface area contributed by atoms with Crippen LogP contribution in [0.1, 0.15) is 38.2 Å². The first kappa shape index (κ1) is 16.0. The molecular formula is C17H27N3O. The van der Waals surface area contributed by atoms with Gasteiger partial charge < -0.3 is 11.1 Å². The molecule has 0 aliphatic carbocycles. The molecule has 0 radical (unpaired) electrons. The minimum absolute atomic E-state index is 0.0714. The van der Waals surface area contributed by atoms with Crippen LogP contribution in [0.4, 0.5) is 5.69 Å². The predicted octanol–water partition coefficient (Wildman–Crippen LogP) is 2.42. The van der Waals surface area contributed by atoms with Crippen LogP contribution in [0.25, 0.3) is 0 Å². The molecule has 116 valence electrons. The fourth-order valence-corrected chi connectivity index (χ4v) is 2.76. The number of nitrogens with zero attached hydrogens (tertiary/aromatic N) is 1. The Morgan fingerprint density at radius 3 is 2.71 bits per heavy atom. The van der Waals surface area contributed by atoms with Crippen molar-refractivity contribution in [2.75, 3.05) is 31.5 Å². The van der Waals surface area contributed by atoms with Crippen molar-refractivity contribution >= 4 is 11.6 Å². The molecule has 1 aliphatic heterocycles. The third kappa shape index (κ3) is 4.83. The average Bonchev–Trinajstić information content (AvgIpc) is 2.48. The molecule has 21 heavy (non-hydrogen) atoms. The smallest absolute Gasteiger partial charge is 0.238 e. The van der Waals surface area contributed by atoms with Crippen LogP contribution in [0, 0.1) is 5.92 Å². The zero-order chi connectivity index (χ0) is 15.2. The van der Waals surface area contributed by atoms with Crippen molar-refractivity contribution in [1.29, 1.82) is 0 Å². The molecule has 0 saturated carbocycles. The molecule has 4 nitrogen and oxygen atoms in total. The number of carbonyl (C=O) groups is 1. The third-order valence-corrected chi connectivity index (χ3v) is 4.24. The number of nitrogens with one attached hydrogen (secondary N) is 1. The minimum atomic E-state index is 0.0714. The molecule has 1 aromatic rings. The number of carbonyl (C=O) groups excluding carboxylic acids is 1. The van der Waals surface area contributed by atoms with Gasteiger partial charge in [-0.1, -0.05) is 26.0 Å². The highest BCUT2D eigenvalue weighted by atomic mass is 16.2. The second-order valence-electron chi connectivity index (χ2n) is 6.28. The van der Waals surface area contributed by atoms with Gasteiger partial charge >= 0.3 is 0 Å². The highest BCUT2D eigenvalue weighted by Gasteiger charge is 2.19. The summed E-state index contributed by atoms with van der Waals surface area (Å²) < 4.78 is 0. The van der Waals surface area contributed by atoms with Gasteiger partial charge in [0, 0.05) is 5.69 Å². The molecule has 0 atom stereocenters. The van der Waals surface area contributed by atoms with E-state index in [4.69, 9.17) is 5.73 Å². The van der Waals surface area contributed by atoms with E-state index in [1.807, 2.05) is 12.1 Å². The molecule has 3 N–H and O–H groups in total. The highest BCUT2D eigenvalue weighted by molar-refractivity contribution is 5.92. The van der Waals surface area contributed by atoms with Crippen LogP contribution in [0.5, 0.6) is 0 Å². The van der Waals surface area contributed by atoms with Crippen molar-refractivity contribution in [1.82, 2.24) is 4.90 Å². The first-order chi connectivity index (χ1) is 10.1. The molecular weight excluding hydrogens is 262 g/mol. The molecule has 1 amide bonds. The van der Waals surface area contributed by atoms with E-state index in [2.05, 4.69) is 36.2 Å². The summed E-state index contributed by atoms with van der Waals surface area (Å²) in [7, 11) is 0. The first-order valence-electron chi connectivity index (χ1n) is 7.90. The van der Waals surface area contributed by atoms with E-state index in [1.165, 1.54) is 5.56 Å². The number of benzene rings is 1. The maximum absolute atomic E-state index is 12.1. The van der Waals surface area contributed by atoms with E-state index in [9.17, 15) is 4.79 Å². The molecule has 0 spiro atoms. The largest absolute Gasteiger partial charge is 0.330 e. The van der Waals surface area contributed by atoms with Crippen molar-refractivity contribution in [3.8, 4) is 0 Å². The average molecular weight is 289 g/mol. The van der Waals surface area contributed by atoms with Crippen molar-refractivity contribution in [2.45, 2.75) is 32.6 Å². The molecule has 2 rings (SSSR count). The number of rotatable bonds is 5. The Labute approximate surface area is 127 Å². The van der Waals surface area contributed by atoms with Gasteiger partial charge in [-0.25, -0.2) is 0 Å². The van der Waals surface area contributed by atoms with Crippen LogP contribution < -0.4 is 11.1 Å². The standard InChI is InChI=1S/C17H27N3O/c1-13(2)15-4-3-5-16(10-15)19-17(21)12-20-8-6-14(11-18)7-9-20/h3-5,10,13-14H,6-9,11-12,18H2,1-2H3,(H,19,21). The summed E-state index contributed by atoms with van der Waals surface area (Å²) in [5.41, 5.74) is 7.83. The van der Waals surface area contributed by atoms with Gasteiger partial charge in [-0.15, -0.1) is 0 Å². The Morgan fingerprint density at radius 1 is 1.38 bits per heavy atom. The number of hydrogen-bond donors (Lipinski definition) is 2. The lowest BCUT2D eigenvalue weighted by atomic mass is 9.97. The van der Waals surface area contributed by atoms with E-state index in [1.54, 1.807) is 0 Å². The molecule has 4 heteroatoms. The van der Waals surface area contributed by atoms with E-state index >= 15 is 0 Å². The van der Waals surface area contributed by atoms with E-state index in [0.29, 0.717) is 18.4 Å². The lowest BCUT2D eigenvalue weighted by Gasteiger charge is -2.30. The lowest BCUT2D eigenvalue weighted by molar-refractivity contribution is -0.117. The van der Waals surface area contributed by atoms with Crippen molar-refractivity contribution in [2.24, 2.45) is 11.7 Å². The highest BCUT2D eigenvalue weighted by Crippen LogP contribution is 2.19. The van der Waals surface area contributed by atoms with Crippen LogP contribution in [0.15, 0.2) is 24.3 Å². The Balaban J connectivity index is 1.83. The number of likely N-dealkylation sites (tertiary alicyclic amines) is 1. The van der Waals surface area contributed by atoms with Crippen LogP contribution >= 0.6 is 0 Å². The van der Waals surface area contributed by atoms with E-state index in [0.717, 1.165) is 38.2 Å². The quantitative estimate of drug-likeness (QED) is 0.875. The van der Waals surface area contributed by atoms with Crippen LogP contribution in [-0.4, -0.2) is 37.0 Å². The van der Waals surface area contributed by atoms with Crippen LogP contribution in [-0.2, 0) is 4.79 Å². The molecule has 1 aromatic carbocycles. The summed E-state index contributed by atoms with van der Waals surface area (Å²) in [6.45, 7) is 7.50. The molecule has 0 bridgehead atoms. The summed E-state index contributed by atoms with van der Waals surface area (Å²) >= 11 is 0. The second kappa shape index (κ2) is 7.57. The van der Waals surface area contributed by atoms with Gasteiger partial charge in [-0.05, 0) is 62.0 Å². The molecule has 1 aliphatic rings. The zero-order valence-electron chi connectivity index (χ0n) is 13.1. The summed E-state index contributed by atoms with van der Waals surface area (Å²) in [4.78, 5) is 14.4. The Bertz CT molecular complexity index is 465. The summed E-state index contributed by atoms with van der Waals surface area (Å²) in [5, 5.41) is 3.00. The molecule has 1 saturated heterocycles. The fourth-order valence-electron chi connectivity index (χ4n) is 2.76. The predicted molar refractivity (Wildman–Crippen MR) is 87.4 cm³/mol. The molecule has 0 unspecified atom stereocenters. The van der Waals surface area contributed by atoms with Crippen LogP contribution in [0.3, 0.4) is 0 Å². The number of amides is 1. The summed E-state index contributed by atoms with van der Waals surface area (Å²) in [6, 6.07) is 8.10. The van der Waals surface area contributed by atoms with Gasteiger partial charge in [0.1, 0.15) is 0 Å². The second-order valence-corrected chi connectivity index (χ2v) is 6.28. The van der Waals surface area contributed by atoms with Crippen molar-refractivity contribution in [3.63, 3.8) is 0 Å². The maximum Gasteiger partial charge on any atom is 0.238 e. The van der Waals surface area contributed by atoms with Gasteiger partial charge in [0.05, 0.1) is 6.54 Å². The number of hydrogen-bond acceptors (Lipinski definition) is 3. The Hall–Kier alpha value is -1.39. The fraction of sp³-hybridized carbons (Fsp3) is 0.588. The van der Waals surface area contributed by atoms with Crippen molar-refractivity contribution < 1.29 is 4.79 Å². The zero-order valence-corrected chi connectivity index (χ0v) is 13.1. The first-order valence-corrected chi connectivity index (χ1v) is 7.90. The number of piperidine rings is 1. The molecule has 1 fully saturated rings. The molecule has 0 aromatic heterocycles. The van der Waals surface area contributed by atoms with Gasteiger partial charge in [-0.2, -0.15) is 0 Å². The van der Waals surface area contributed by atoms with E-state index < -0.39 is 0 Å². The number of nitrogens with two attached hydrogens (primary N) is 1. The lowest BCUT2D eigenvalue weighted by Crippen LogP contribution is -2.40. The van der Waals surface area contributed by atoms with E-state index in [-0.39, 0.29) is 5.91 Å². The topological polar surface area (TPSA) is 58.4 Å². The van der Waals surface area contributed by atoms with Crippen LogP contribution in [0.2, 0.25) is 0 Å². The summed E-state index contributed by atoms with van der Waals surface area (Å²) in [5.74, 6) is 1.17. The van der Waals surface area contributed by atoms with Gasteiger partial charge in [-0.3, -0.25) is 9.69 Å². The number of anilines is 1. The van der Waals surface area contributed by atoms with Gasteiger partial charge in [0.15, 0.2) is 0 Å². The monoisotopic (exact) mass is 289 g/mol. The Morgan fingerprint density at radius 2 is 2.10 bits per heavy atom. The maximum atomic E-state index is 12.1.